The van der Waals surface area contributed by atoms with E-state index in [2.05, 4.69) is 0 Å². The number of nitrogens with two attached hydrogens (primary N) is 1. The summed E-state index contributed by atoms with van der Waals surface area (Å²) in [7, 11) is 0. The van der Waals surface area contributed by atoms with Gasteiger partial charge in [-0.1, -0.05) is 59.1 Å². The van der Waals surface area contributed by atoms with Gasteiger partial charge in [0.05, 0.1) is 10.0 Å². The van der Waals surface area contributed by atoms with Gasteiger partial charge in [0.25, 0.3) is 0 Å². The largest absolute Gasteiger partial charge is 0.326 e. The Balaban J connectivity index is 2.68. The Bertz CT molecular complexity index is 529. The molecule has 2 aromatic rings. The smallest absolute Gasteiger partial charge is 0.0514 e. The van der Waals surface area contributed by atoms with Crippen molar-refractivity contribution in [2.24, 2.45) is 5.73 Å². The van der Waals surface area contributed by atoms with Crippen LogP contribution in [0.1, 0.15) is 5.56 Å². The van der Waals surface area contributed by atoms with E-state index in [1.165, 1.54) is 0 Å². The monoisotopic (exact) mass is 285 g/mol. The van der Waals surface area contributed by atoms with E-state index >= 15 is 0 Å². The van der Waals surface area contributed by atoms with E-state index in [1.807, 2.05) is 24.3 Å². The summed E-state index contributed by atoms with van der Waals surface area (Å²) in [4.78, 5) is 0. The lowest BCUT2D eigenvalue weighted by Crippen LogP contribution is -1.99. The lowest BCUT2D eigenvalue weighted by molar-refractivity contribution is 1.07. The zero-order valence-electron chi connectivity index (χ0n) is 8.88. The molecule has 0 aliphatic heterocycles. The van der Waals surface area contributed by atoms with Crippen LogP contribution in [0.15, 0.2) is 36.4 Å². The van der Waals surface area contributed by atoms with Crippen molar-refractivity contribution in [2.75, 3.05) is 0 Å². The highest BCUT2D eigenvalue weighted by molar-refractivity contribution is 6.41. The molecular weight excluding hydrogens is 277 g/mol. The molecule has 0 heterocycles. The summed E-state index contributed by atoms with van der Waals surface area (Å²) in [6, 6.07) is 11.1. The van der Waals surface area contributed by atoms with Gasteiger partial charge in [-0.2, -0.15) is 0 Å². The van der Waals surface area contributed by atoms with Crippen LogP contribution in [0.25, 0.3) is 11.1 Å². The zero-order valence-corrected chi connectivity index (χ0v) is 11.2. The van der Waals surface area contributed by atoms with E-state index in [0.717, 1.165) is 16.7 Å². The Labute approximate surface area is 115 Å². The SMILES string of the molecule is NCc1ccccc1-c1c(Cl)cc(Cl)cc1Cl. The van der Waals surface area contributed by atoms with Crippen LogP contribution in [-0.2, 0) is 6.54 Å². The fourth-order valence-corrected chi connectivity index (χ4v) is 2.76. The number of halogens is 3. The second-order valence-electron chi connectivity index (χ2n) is 3.61. The molecule has 0 saturated heterocycles. The molecule has 0 aromatic heterocycles. The first-order valence-electron chi connectivity index (χ1n) is 5.06. The van der Waals surface area contributed by atoms with E-state index in [4.69, 9.17) is 40.5 Å². The van der Waals surface area contributed by atoms with Gasteiger partial charge in [0.2, 0.25) is 0 Å². The van der Waals surface area contributed by atoms with Crippen molar-refractivity contribution in [3.8, 4) is 11.1 Å². The summed E-state index contributed by atoms with van der Waals surface area (Å²) < 4.78 is 0. The minimum Gasteiger partial charge on any atom is -0.326 e. The Morgan fingerprint density at radius 1 is 0.941 bits per heavy atom. The zero-order chi connectivity index (χ0) is 12.4. The molecular formula is C13H10Cl3N. The maximum absolute atomic E-state index is 6.19. The first-order valence-corrected chi connectivity index (χ1v) is 6.19. The highest BCUT2D eigenvalue weighted by atomic mass is 35.5. The lowest BCUT2D eigenvalue weighted by Gasteiger charge is -2.11. The third-order valence-electron chi connectivity index (χ3n) is 2.51. The third kappa shape index (κ3) is 2.58. The lowest BCUT2D eigenvalue weighted by atomic mass is 9.99. The molecule has 2 aromatic carbocycles. The van der Waals surface area contributed by atoms with Crippen molar-refractivity contribution in [3.05, 3.63) is 57.0 Å². The molecule has 17 heavy (non-hydrogen) atoms. The predicted molar refractivity (Wildman–Crippen MR) is 74.8 cm³/mol. The Hall–Kier alpha value is -0.730. The molecule has 2 N–H and O–H groups in total. The average molecular weight is 287 g/mol. The molecule has 0 atom stereocenters. The van der Waals surface area contributed by atoms with E-state index < -0.39 is 0 Å². The number of benzene rings is 2. The molecule has 0 fully saturated rings. The standard InChI is InChI=1S/C13H10Cl3N/c14-9-5-11(15)13(12(16)6-9)10-4-2-1-3-8(10)7-17/h1-6H,7,17H2. The minimum atomic E-state index is 0.436. The van der Waals surface area contributed by atoms with Gasteiger partial charge in [-0.05, 0) is 23.3 Å². The summed E-state index contributed by atoms with van der Waals surface area (Å²) in [6.07, 6.45) is 0. The molecule has 1 nitrogen and oxygen atoms in total. The molecule has 0 saturated carbocycles. The van der Waals surface area contributed by atoms with E-state index in [0.29, 0.717) is 21.6 Å². The van der Waals surface area contributed by atoms with Crippen LogP contribution in [-0.4, -0.2) is 0 Å². The van der Waals surface area contributed by atoms with Crippen molar-refractivity contribution in [2.45, 2.75) is 6.54 Å². The van der Waals surface area contributed by atoms with Crippen LogP contribution in [0.3, 0.4) is 0 Å². The maximum Gasteiger partial charge on any atom is 0.0514 e. The van der Waals surface area contributed by atoms with Crippen molar-refractivity contribution in [3.63, 3.8) is 0 Å². The van der Waals surface area contributed by atoms with Gasteiger partial charge < -0.3 is 5.73 Å². The van der Waals surface area contributed by atoms with Crippen LogP contribution in [0.2, 0.25) is 15.1 Å². The maximum atomic E-state index is 6.19. The van der Waals surface area contributed by atoms with Crippen LogP contribution < -0.4 is 5.73 Å². The molecule has 0 bridgehead atoms. The number of rotatable bonds is 2. The highest BCUT2D eigenvalue weighted by Gasteiger charge is 2.12. The summed E-state index contributed by atoms with van der Waals surface area (Å²) in [5.41, 5.74) is 8.43. The fourth-order valence-electron chi connectivity index (χ4n) is 1.74. The Kier molecular flexibility index (Phi) is 3.95. The molecule has 0 radical (unpaired) electrons. The summed E-state index contributed by atoms with van der Waals surface area (Å²) in [5.74, 6) is 0. The second kappa shape index (κ2) is 5.28. The van der Waals surface area contributed by atoms with Gasteiger partial charge in [0, 0.05) is 17.1 Å². The van der Waals surface area contributed by atoms with Crippen molar-refractivity contribution >= 4 is 34.8 Å². The molecule has 0 aliphatic carbocycles. The third-order valence-corrected chi connectivity index (χ3v) is 3.33. The van der Waals surface area contributed by atoms with Crippen molar-refractivity contribution in [1.82, 2.24) is 0 Å². The van der Waals surface area contributed by atoms with Crippen LogP contribution in [0, 0.1) is 0 Å². The van der Waals surface area contributed by atoms with Crippen molar-refractivity contribution in [1.29, 1.82) is 0 Å². The van der Waals surface area contributed by atoms with Gasteiger partial charge in [0.1, 0.15) is 0 Å². The van der Waals surface area contributed by atoms with E-state index in [-0.39, 0.29) is 0 Å². The summed E-state index contributed by atoms with van der Waals surface area (Å²) >= 11 is 18.3. The van der Waals surface area contributed by atoms with Gasteiger partial charge in [-0.25, -0.2) is 0 Å². The topological polar surface area (TPSA) is 26.0 Å². The Morgan fingerprint density at radius 3 is 2.12 bits per heavy atom. The predicted octanol–water partition coefficient (Wildman–Crippen LogP) is 4.77. The molecule has 0 amide bonds. The van der Waals surface area contributed by atoms with Gasteiger partial charge in [-0.15, -0.1) is 0 Å². The van der Waals surface area contributed by atoms with Crippen LogP contribution in [0.5, 0.6) is 0 Å². The molecule has 2 rings (SSSR count). The second-order valence-corrected chi connectivity index (χ2v) is 4.86. The Morgan fingerprint density at radius 2 is 1.53 bits per heavy atom. The quantitative estimate of drug-likeness (QED) is 0.845. The summed E-state index contributed by atoms with van der Waals surface area (Å²) in [5, 5.41) is 1.58. The molecule has 0 unspecified atom stereocenters. The highest BCUT2D eigenvalue weighted by Crippen LogP contribution is 2.38. The molecule has 4 heteroatoms. The fraction of sp³-hybridized carbons (Fsp3) is 0.0769. The van der Waals surface area contributed by atoms with E-state index in [9.17, 15) is 0 Å². The minimum absolute atomic E-state index is 0.436. The molecule has 0 aliphatic rings. The average Bonchev–Trinajstić information content (AvgIpc) is 2.28. The van der Waals surface area contributed by atoms with Crippen LogP contribution in [0.4, 0.5) is 0 Å². The molecule has 0 spiro atoms. The summed E-state index contributed by atoms with van der Waals surface area (Å²) in [6.45, 7) is 0.436. The van der Waals surface area contributed by atoms with Gasteiger partial charge >= 0.3 is 0 Å². The van der Waals surface area contributed by atoms with Gasteiger partial charge in [-0.3, -0.25) is 0 Å². The van der Waals surface area contributed by atoms with Gasteiger partial charge in [0.15, 0.2) is 0 Å². The van der Waals surface area contributed by atoms with Crippen molar-refractivity contribution < 1.29 is 0 Å². The first kappa shape index (κ1) is 12.7. The molecule has 88 valence electrons. The van der Waals surface area contributed by atoms with Crippen LogP contribution >= 0.6 is 34.8 Å². The number of hydrogen-bond donors (Lipinski definition) is 1. The number of hydrogen-bond acceptors (Lipinski definition) is 1. The first-order chi connectivity index (χ1) is 8.13. The normalized spacial score (nSPS) is 10.6. The van der Waals surface area contributed by atoms with E-state index in [1.54, 1.807) is 12.1 Å².